The van der Waals surface area contributed by atoms with Crippen molar-refractivity contribution >= 4 is 22.7 Å². The highest BCUT2D eigenvalue weighted by atomic mass is 16.5. The lowest BCUT2D eigenvalue weighted by molar-refractivity contribution is -0.126. The second-order valence-corrected chi connectivity index (χ2v) is 8.26. The molecule has 2 heterocycles. The number of rotatable bonds is 6. The lowest BCUT2D eigenvalue weighted by Gasteiger charge is -2.34. The fourth-order valence-electron chi connectivity index (χ4n) is 4.28. The van der Waals surface area contributed by atoms with Gasteiger partial charge in [0.05, 0.1) is 7.11 Å². The maximum absolute atomic E-state index is 13.0. The molecule has 0 saturated carbocycles. The van der Waals surface area contributed by atoms with Crippen molar-refractivity contribution in [2.24, 2.45) is 11.8 Å². The van der Waals surface area contributed by atoms with Crippen molar-refractivity contribution in [1.29, 1.82) is 0 Å². The summed E-state index contributed by atoms with van der Waals surface area (Å²) in [4.78, 5) is 30.7. The molecule has 0 spiro atoms. The monoisotopic (exact) mass is 419 g/mol. The third-order valence-electron chi connectivity index (χ3n) is 6.32. The summed E-state index contributed by atoms with van der Waals surface area (Å²) < 4.78 is 5.26. The molecule has 1 fully saturated rings. The number of nitrogens with one attached hydrogen (secondary N) is 2. The minimum atomic E-state index is -0.0681. The number of ether oxygens (including phenoxy) is 1. The second kappa shape index (κ2) is 9.25. The van der Waals surface area contributed by atoms with E-state index in [9.17, 15) is 9.59 Å². The second-order valence-electron chi connectivity index (χ2n) is 8.26. The van der Waals surface area contributed by atoms with Gasteiger partial charge in [0.15, 0.2) is 0 Å². The van der Waals surface area contributed by atoms with E-state index in [1.165, 1.54) is 0 Å². The van der Waals surface area contributed by atoms with Gasteiger partial charge >= 0.3 is 0 Å². The Balaban J connectivity index is 1.31. The van der Waals surface area contributed by atoms with Gasteiger partial charge in [-0.25, -0.2) is 0 Å². The maximum atomic E-state index is 13.0. The number of H-pyrrole nitrogens is 1. The lowest BCUT2D eigenvalue weighted by Crippen LogP contribution is -2.42. The first-order valence-electron chi connectivity index (χ1n) is 10.8. The van der Waals surface area contributed by atoms with Crippen LogP contribution in [0, 0.1) is 11.8 Å². The smallest absolute Gasteiger partial charge is 0.270 e. The fourth-order valence-corrected chi connectivity index (χ4v) is 4.28. The Bertz CT molecular complexity index is 1050. The number of fused-ring (bicyclic) bond motifs is 1. The van der Waals surface area contributed by atoms with Crippen LogP contribution in [0.25, 0.3) is 10.9 Å². The van der Waals surface area contributed by atoms with Crippen LogP contribution in [0.1, 0.15) is 35.8 Å². The molecule has 0 aliphatic carbocycles. The molecule has 6 heteroatoms. The van der Waals surface area contributed by atoms with Crippen molar-refractivity contribution in [2.45, 2.75) is 26.3 Å². The number of methoxy groups -OCH3 is 1. The Morgan fingerprint density at radius 1 is 1.13 bits per heavy atom. The molecule has 1 aliphatic rings. The summed E-state index contributed by atoms with van der Waals surface area (Å²) in [6.07, 6.45) is 1.67. The molecule has 0 radical (unpaired) electrons. The number of aromatic nitrogens is 1. The van der Waals surface area contributed by atoms with Crippen LogP contribution >= 0.6 is 0 Å². The van der Waals surface area contributed by atoms with Crippen LogP contribution in [-0.4, -0.2) is 41.9 Å². The molecule has 1 aromatic heterocycles. The quantitative estimate of drug-likeness (QED) is 0.635. The molecular weight excluding hydrogens is 390 g/mol. The molecule has 2 aromatic carbocycles. The summed E-state index contributed by atoms with van der Waals surface area (Å²) >= 11 is 0. The highest BCUT2D eigenvalue weighted by Gasteiger charge is 2.30. The zero-order valence-corrected chi connectivity index (χ0v) is 18.1. The standard InChI is InChI=1S/C25H29N3O3/c1-17(24(29)26-16-18-6-4-3-5-7-18)19-10-12-28(13-11-19)25(30)23-14-20-8-9-21(31-2)15-22(20)27-23/h3-9,14-15,17,19,27H,10-13,16H2,1-2H3,(H,26,29)/t17-/m0/s1. The summed E-state index contributed by atoms with van der Waals surface area (Å²) in [5.41, 5.74) is 2.58. The van der Waals surface area contributed by atoms with E-state index in [-0.39, 0.29) is 23.7 Å². The van der Waals surface area contributed by atoms with Crippen LogP contribution in [0.3, 0.4) is 0 Å². The SMILES string of the molecule is COc1ccc2cc(C(=O)N3CCC([C@H](C)C(=O)NCc4ccccc4)CC3)[nH]c2c1. The van der Waals surface area contributed by atoms with Crippen molar-refractivity contribution in [3.05, 3.63) is 65.9 Å². The molecular formula is C25H29N3O3. The Hall–Kier alpha value is -3.28. The normalized spacial score (nSPS) is 15.6. The predicted molar refractivity (Wildman–Crippen MR) is 121 cm³/mol. The molecule has 3 aromatic rings. The van der Waals surface area contributed by atoms with E-state index in [0.29, 0.717) is 25.3 Å². The number of aromatic amines is 1. The van der Waals surface area contributed by atoms with Gasteiger partial charge in [-0.05, 0) is 42.5 Å². The molecule has 6 nitrogen and oxygen atoms in total. The van der Waals surface area contributed by atoms with Gasteiger partial charge in [-0.15, -0.1) is 0 Å². The van der Waals surface area contributed by atoms with Gasteiger partial charge < -0.3 is 19.9 Å². The average Bonchev–Trinajstić information content (AvgIpc) is 3.25. The highest BCUT2D eigenvalue weighted by molar-refractivity contribution is 5.98. The van der Waals surface area contributed by atoms with E-state index >= 15 is 0 Å². The van der Waals surface area contributed by atoms with Gasteiger partial charge in [0.25, 0.3) is 5.91 Å². The van der Waals surface area contributed by atoms with Crippen molar-refractivity contribution in [2.75, 3.05) is 20.2 Å². The minimum Gasteiger partial charge on any atom is -0.497 e. The van der Waals surface area contributed by atoms with Crippen LogP contribution in [0.4, 0.5) is 0 Å². The highest BCUT2D eigenvalue weighted by Crippen LogP contribution is 2.27. The van der Waals surface area contributed by atoms with Gasteiger partial charge in [0.1, 0.15) is 11.4 Å². The number of amides is 2. The first-order valence-corrected chi connectivity index (χ1v) is 10.8. The zero-order chi connectivity index (χ0) is 21.8. The number of hydrogen-bond acceptors (Lipinski definition) is 3. The molecule has 0 unspecified atom stereocenters. The van der Waals surface area contributed by atoms with Crippen molar-refractivity contribution in [1.82, 2.24) is 15.2 Å². The zero-order valence-electron chi connectivity index (χ0n) is 18.1. The van der Waals surface area contributed by atoms with Crippen LogP contribution in [0.5, 0.6) is 5.75 Å². The number of hydrogen-bond donors (Lipinski definition) is 2. The summed E-state index contributed by atoms with van der Waals surface area (Å²) in [5, 5.41) is 4.03. The van der Waals surface area contributed by atoms with Gasteiger partial charge in [-0.2, -0.15) is 0 Å². The molecule has 1 aliphatic heterocycles. The molecule has 31 heavy (non-hydrogen) atoms. The van der Waals surface area contributed by atoms with E-state index in [1.54, 1.807) is 7.11 Å². The van der Waals surface area contributed by atoms with Crippen molar-refractivity contribution in [3.8, 4) is 5.75 Å². The first kappa shape index (κ1) is 21.0. The maximum Gasteiger partial charge on any atom is 0.270 e. The van der Waals surface area contributed by atoms with Crippen molar-refractivity contribution in [3.63, 3.8) is 0 Å². The molecule has 4 rings (SSSR count). The molecule has 1 saturated heterocycles. The average molecular weight is 420 g/mol. The lowest BCUT2D eigenvalue weighted by atomic mass is 9.84. The first-order chi connectivity index (χ1) is 15.0. The van der Waals surface area contributed by atoms with Gasteiger partial charge in [-0.3, -0.25) is 9.59 Å². The summed E-state index contributed by atoms with van der Waals surface area (Å²) in [5.74, 6) is 1.06. The number of carbonyl (C=O) groups excluding carboxylic acids is 2. The number of likely N-dealkylation sites (tertiary alicyclic amines) is 1. The summed E-state index contributed by atoms with van der Waals surface area (Å²) in [6.45, 7) is 3.87. The van der Waals surface area contributed by atoms with E-state index < -0.39 is 0 Å². The summed E-state index contributed by atoms with van der Waals surface area (Å²) in [7, 11) is 1.63. The van der Waals surface area contributed by atoms with E-state index in [4.69, 9.17) is 4.74 Å². The third-order valence-corrected chi connectivity index (χ3v) is 6.32. The van der Waals surface area contributed by atoms with Gasteiger partial charge in [-0.1, -0.05) is 37.3 Å². The van der Waals surface area contributed by atoms with E-state index in [1.807, 2.05) is 66.4 Å². The Morgan fingerprint density at radius 3 is 2.58 bits per heavy atom. The van der Waals surface area contributed by atoms with Crippen LogP contribution in [-0.2, 0) is 11.3 Å². The van der Waals surface area contributed by atoms with Gasteiger partial charge in [0.2, 0.25) is 5.91 Å². The minimum absolute atomic E-state index is 0.00907. The van der Waals surface area contributed by atoms with Gasteiger partial charge in [0, 0.05) is 42.5 Å². The molecule has 0 bridgehead atoms. The van der Waals surface area contributed by atoms with Crippen LogP contribution < -0.4 is 10.1 Å². The molecule has 1 atom stereocenters. The fraction of sp³-hybridized carbons (Fsp3) is 0.360. The van der Waals surface area contributed by atoms with Crippen LogP contribution in [0.15, 0.2) is 54.6 Å². The Labute approximate surface area is 182 Å². The Kier molecular flexibility index (Phi) is 6.26. The van der Waals surface area contributed by atoms with Crippen molar-refractivity contribution < 1.29 is 14.3 Å². The van der Waals surface area contributed by atoms with E-state index in [0.717, 1.165) is 35.1 Å². The largest absolute Gasteiger partial charge is 0.497 e. The van der Waals surface area contributed by atoms with Crippen LogP contribution in [0.2, 0.25) is 0 Å². The molecule has 2 amide bonds. The number of benzene rings is 2. The Morgan fingerprint density at radius 2 is 1.87 bits per heavy atom. The summed E-state index contributed by atoms with van der Waals surface area (Å²) in [6, 6.07) is 17.6. The molecule has 162 valence electrons. The van der Waals surface area contributed by atoms with E-state index in [2.05, 4.69) is 10.3 Å². The molecule has 2 N–H and O–H groups in total. The number of nitrogens with zero attached hydrogens (tertiary/aromatic N) is 1. The number of carbonyl (C=O) groups is 2. The number of piperidine rings is 1. The predicted octanol–water partition coefficient (Wildman–Crippen LogP) is 3.98. The topological polar surface area (TPSA) is 74.4 Å². The third kappa shape index (κ3) is 4.74.